The number of rotatable bonds is 12. The summed E-state index contributed by atoms with van der Waals surface area (Å²) in [4.78, 5) is 14.2. The maximum absolute atomic E-state index is 11.7. The molecule has 2 heterocycles. The van der Waals surface area contributed by atoms with Gasteiger partial charge in [-0.3, -0.25) is 14.3 Å². The molecule has 3 aromatic rings. The Balaban J connectivity index is 1.32. The second-order valence-electron chi connectivity index (χ2n) is 11.2. The summed E-state index contributed by atoms with van der Waals surface area (Å²) in [7, 11) is 1.61. The van der Waals surface area contributed by atoms with Crippen LogP contribution in [-0.2, 0) is 24.3 Å². The number of carbonyl (C=O) groups is 1. The number of ether oxygens (including phenoxy) is 3. The number of aliphatic carboxylic acids is 1. The average Bonchev–Trinajstić information content (AvgIpc) is 3.58. The fraction of sp³-hybridized carbons (Fsp3) is 0.469. The summed E-state index contributed by atoms with van der Waals surface area (Å²) in [6.45, 7) is 4.94. The van der Waals surface area contributed by atoms with Gasteiger partial charge in [-0.2, -0.15) is 0 Å². The molecule has 1 aliphatic carbocycles. The van der Waals surface area contributed by atoms with Crippen molar-refractivity contribution < 1.29 is 34.3 Å². The molecule has 9 nitrogen and oxygen atoms in total. The van der Waals surface area contributed by atoms with Gasteiger partial charge in [0.25, 0.3) is 0 Å². The second-order valence-corrected chi connectivity index (χ2v) is 11.2. The molecule has 5 rings (SSSR count). The number of hydrogen-bond acceptors (Lipinski definition) is 7. The summed E-state index contributed by atoms with van der Waals surface area (Å²) in [6, 6.07) is 15.3. The molecule has 1 aliphatic heterocycles. The smallest absolute Gasteiger partial charge is 0.306 e. The van der Waals surface area contributed by atoms with E-state index in [9.17, 15) is 20.1 Å². The van der Waals surface area contributed by atoms with Gasteiger partial charge in [0.1, 0.15) is 12.4 Å². The van der Waals surface area contributed by atoms with E-state index in [1.54, 1.807) is 7.11 Å². The van der Waals surface area contributed by atoms with Crippen molar-refractivity contribution in [3.8, 4) is 29.0 Å². The van der Waals surface area contributed by atoms with Crippen LogP contribution in [0.5, 0.6) is 29.0 Å². The first-order valence-electron chi connectivity index (χ1n) is 14.4. The zero-order valence-electron chi connectivity index (χ0n) is 23.8. The molecule has 0 radical (unpaired) electrons. The Kier molecular flexibility index (Phi) is 8.93. The molecule has 1 fully saturated rings. The number of aromatic hydroxyl groups is 2. The highest BCUT2D eigenvalue weighted by Gasteiger charge is 2.30. The monoisotopic (exact) mass is 564 g/mol. The van der Waals surface area contributed by atoms with Gasteiger partial charge in [0.05, 0.1) is 26.2 Å². The SMILES string of the molecule is COc1cc(CN(CC2CCCC(C(=O)O)C2)C(C)c2ccc3c(c2)CCO3)ccc1OCCn1c(O)ccc1O. The van der Waals surface area contributed by atoms with Gasteiger partial charge in [0, 0.05) is 37.7 Å². The highest BCUT2D eigenvalue weighted by Crippen LogP contribution is 2.36. The largest absolute Gasteiger partial charge is 0.494 e. The maximum Gasteiger partial charge on any atom is 0.306 e. The fourth-order valence-electron chi connectivity index (χ4n) is 6.14. The highest BCUT2D eigenvalue weighted by molar-refractivity contribution is 5.70. The van der Waals surface area contributed by atoms with Crippen LogP contribution in [0.4, 0.5) is 0 Å². The van der Waals surface area contributed by atoms with E-state index < -0.39 is 5.97 Å². The molecule has 2 aromatic carbocycles. The minimum absolute atomic E-state index is 0.0221. The van der Waals surface area contributed by atoms with Gasteiger partial charge in [-0.25, -0.2) is 0 Å². The number of fused-ring (bicyclic) bond motifs is 1. The molecule has 3 unspecified atom stereocenters. The van der Waals surface area contributed by atoms with Gasteiger partial charge in [0.2, 0.25) is 0 Å². The van der Waals surface area contributed by atoms with E-state index in [1.165, 1.54) is 27.8 Å². The Hall–Kier alpha value is -3.85. The van der Waals surface area contributed by atoms with Crippen LogP contribution in [0, 0.1) is 11.8 Å². The van der Waals surface area contributed by atoms with Gasteiger partial charge >= 0.3 is 5.97 Å². The fourth-order valence-corrected chi connectivity index (χ4v) is 6.14. The number of nitrogens with zero attached hydrogens (tertiary/aromatic N) is 2. The van der Waals surface area contributed by atoms with E-state index in [4.69, 9.17) is 14.2 Å². The first-order valence-corrected chi connectivity index (χ1v) is 14.4. The summed E-state index contributed by atoms with van der Waals surface area (Å²) in [5.74, 6) is 1.47. The van der Waals surface area contributed by atoms with E-state index in [0.29, 0.717) is 30.4 Å². The van der Waals surface area contributed by atoms with Crippen molar-refractivity contribution in [2.45, 2.75) is 58.2 Å². The van der Waals surface area contributed by atoms with Crippen LogP contribution in [0.25, 0.3) is 0 Å². The lowest BCUT2D eigenvalue weighted by Gasteiger charge is -2.36. The Morgan fingerprint density at radius 1 is 1.10 bits per heavy atom. The molecular formula is C32H40N2O7. The third-order valence-corrected chi connectivity index (χ3v) is 8.49. The third kappa shape index (κ3) is 6.73. The average molecular weight is 565 g/mol. The van der Waals surface area contributed by atoms with Crippen LogP contribution in [0.1, 0.15) is 55.3 Å². The van der Waals surface area contributed by atoms with E-state index >= 15 is 0 Å². The number of benzene rings is 2. The Labute approximate surface area is 240 Å². The summed E-state index contributed by atoms with van der Waals surface area (Å²) < 4.78 is 18.7. The Morgan fingerprint density at radius 2 is 1.90 bits per heavy atom. The van der Waals surface area contributed by atoms with Crippen LogP contribution >= 0.6 is 0 Å². The summed E-state index contributed by atoms with van der Waals surface area (Å²) in [5, 5.41) is 29.4. The van der Waals surface area contributed by atoms with Gasteiger partial charge in [-0.05, 0) is 67.0 Å². The van der Waals surface area contributed by atoms with Crippen molar-refractivity contribution in [2.75, 3.05) is 26.9 Å². The predicted octanol–water partition coefficient (Wildman–Crippen LogP) is 5.38. The first-order chi connectivity index (χ1) is 19.8. The highest BCUT2D eigenvalue weighted by atomic mass is 16.5. The summed E-state index contributed by atoms with van der Waals surface area (Å²) in [5.41, 5.74) is 3.53. The Morgan fingerprint density at radius 3 is 2.66 bits per heavy atom. The second kappa shape index (κ2) is 12.8. The molecule has 41 heavy (non-hydrogen) atoms. The molecule has 3 N–H and O–H groups in total. The molecule has 0 spiro atoms. The topological polar surface area (TPSA) is 114 Å². The molecule has 0 amide bonds. The van der Waals surface area contributed by atoms with Crippen molar-refractivity contribution in [3.05, 3.63) is 65.2 Å². The summed E-state index contributed by atoms with van der Waals surface area (Å²) >= 11 is 0. The number of carboxylic acid groups (broad SMARTS) is 1. The van der Waals surface area contributed by atoms with Gasteiger partial charge in [0.15, 0.2) is 23.3 Å². The lowest BCUT2D eigenvalue weighted by molar-refractivity contribution is -0.143. The molecule has 1 saturated carbocycles. The minimum Gasteiger partial charge on any atom is -0.494 e. The van der Waals surface area contributed by atoms with Crippen molar-refractivity contribution in [1.82, 2.24) is 9.47 Å². The third-order valence-electron chi connectivity index (χ3n) is 8.49. The van der Waals surface area contributed by atoms with Crippen LogP contribution in [0.15, 0.2) is 48.5 Å². The molecule has 2 aliphatic rings. The van der Waals surface area contributed by atoms with Crippen LogP contribution in [-0.4, -0.2) is 57.6 Å². The van der Waals surface area contributed by atoms with Crippen molar-refractivity contribution >= 4 is 5.97 Å². The minimum atomic E-state index is -0.685. The van der Waals surface area contributed by atoms with Crippen LogP contribution < -0.4 is 14.2 Å². The predicted molar refractivity (Wildman–Crippen MR) is 154 cm³/mol. The van der Waals surface area contributed by atoms with Gasteiger partial charge < -0.3 is 29.5 Å². The number of aromatic nitrogens is 1. The van der Waals surface area contributed by atoms with Crippen molar-refractivity contribution in [1.29, 1.82) is 0 Å². The molecule has 220 valence electrons. The maximum atomic E-state index is 11.7. The van der Waals surface area contributed by atoms with Crippen molar-refractivity contribution in [3.63, 3.8) is 0 Å². The van der Waals surface area contributed by atoms with E-state index in [1.807, 2.05) is 18.2 Å². The van der Waals surface area contributed by atoms with Crippen molar-refractivity contribution in [2.24, 2.45) is 11.8 Å². The zero-order valence-corrected chi connectivity index (χ0v) is 23.8. The molecule has 3 atom stereocenters. The normalized spacial score (nSPS) is 19.0. The zero-order chi connectivity index (χ0) is 28.9. The standard InChI is InChI=1S/C32H40N2O7/c1-21(24-7-9-27-25(18-24)12-14-40-27)33(19-22-4-3-5-26(16-22)32(37)38)20-23-6-8-28(29(17-23)39-2)41-15-13-34-30(35)10-11-31(34)36/h6-11,17-18,21-22,26,35-36H,3-5,12-16,19-20H2,1-2H3,(H,37,38). The lowest BCUT2D eigenvalue weighted by atomic mass is 9.81. The molecule has 0 bridgehead atoms. The number of hydrogen-bond donors (Lipinski definition) is 3. The van der Waals surface area contributed by atoms with Gasteiger partial charge in [-0.1, -0.05) is 24.6 Å². The molecule has 1 aromatic heterocycles. The quantitative estimate of drug-likeness (QED) is 0.269. The lowest BCUT2D eigenvalue weighted by Crippen LogP contribution is -2.35. The van der Waals surface area contributed by atoms with Crippen LogP contribution in [0.3, 0.4) is 0 Å². The first kappa shape index (κ1) is 28.7. The summed E-state index contributed by atoms with van der Waals surface area (Å²) in [6.07, 6.45) is 4.36. The van der Waals surface area contributed by atoms with Crippen LogP contribution in [0.2, 0.25) is 0 Å². The molecule has 0 saturated heterocycles. The number of carboxylic acids is 1. The number of methoxy groups -OCH3 is 1. The molecular weight excluding hydrogens is 524 g/mol. The molecule has 9 heteroatoms. The van der Waals surface area contributed by atoms with E-state index in [0.717, 1.165) is 50.1 Å². The Bertz CT molecular complexity index is 1330. The van der Waals surface area contributed by atoms with E-state index in [-0.39, 0.29) is 36.9 Å². The van der Waals surface area contributed by atoms with E-state index in [2.05, 4.69) is 30.0 Å². The van der Waals surface area contributed by atoms with Gasteiger partial charge in [-0.15, -0.1) is 0 Å².